The largest absolute Gasteiger partial charge is 0.494 e. The predicted octanol–water partition coefficient (Wildman–Crippen LogP) is 2.53. The number of benzene rings is 1. The minimum Gasteiger partial charge on any atom is -0.494 e. The van der Waals surface area contributed by atoms with Crippen molar-refractivity contribution in [2.75, 3.05) is 6.61 Å². The van der Waals surface area contributed by atoms with Gasteiger partial charge in [-0.05, 0) is 19.4 Å². The molecule has 0 bridgehead atoms. The number of hydrazone groups is 1. The van der Waals surface area contributed by atoms with E-state index in [0.29, 0.717) is 18.8 Å². The average molecular weight is 428 g/mol. The summed E-state index contributed by atoms with van der Waals surface area (Å²) in [4.78, 5) is 39.7. The van der Waals surface area contributed by atoms with Crippen LogP contribution in [0.2, 0.25) is 0 Å². The first-order chi connectivity index (χ1) is 14.9. The second kappa shape index (κ2) is 9.63. The van der Waals surface area contributed by atoms with Crippen molar-refractivity contribution < 1.29 is 14.6 Å². The number of aromatic nitrogens is 2. The molecule has 1 aromatic heterocycles. The Labute approximate surface area is 180 Å². The van der Waals surface area contributed by atoms with E-state index < -0.39 is 23.2 Å². The summed E-state index contributed by atoms with van der Waals surface area (Å²) in [6.45, 7) is 6.30. The molecule has 2 heterocycles. The lowest BCUT2D eigenvalue weighted by atomic mass is 9.98. The summed E-state index contributed by atoms with van der Waals surface area (Å²) in [6, 6.07) is 6.88. The first kappa shape index (κ1) is 22.3. The molecule has 3 rings (SSSR count). The summed E-state index contributed by atoms with van der Waals surface area (Å²) < 4.78 is 6.86. The predicted molar refractivity (Wildman–Crippen MR) is 117 cm³/mol. The molecule has 0 fully saturated rings. The lowest BCUT2D eigenvalue weighted by molar-refractivity contribution is -0.132. The van der Waals surface area contributed by atoms with E-state index >= 15 is 0 Å². The van der Waals surface area contributed by atoms with Gasteiger partial charge in [-0.25, -0.2) is 9.80 Å². The van der Waals surface area contributed by atoms with E-state index in [-0.39, 0.29) is 36.6 Å². The Morgan fingerprint density at radius 3 is 2.68 bits per heavy atom. The molecule has 2 N–H and O–H groups in total. The van der Waals surface area contributed by atoms with Gasteiger partial charge in [-0.3, -0.25) is 19.1 Å². The van der Waals surface area contributed by atoms with Crippen molar-refractivity contribution in [3.8, 4) is 11.6 Å². The molecule has 166 valence electrons. The fourth-order valence-corrected chi connectivity index (χ4v) is 3.68. The summed E-state index contributed by atoms with van der Waals surface area (Å²) in [7, 11) is 0. The number of amides is 1. The Balaban J connectivity index is 2.09. The highest BCUT2D eigenvalue weighted by atomic mass is 16.5. The summed E-state index contributed by atoms with van der Waals surface area (Å²) in [5.41, 5.74) is -0.460. The van der Waals surface area contributed by atoms with E-state index in [1.54, 1.807) is 6.92 Å². The molecule has 0 radical (unpaired) electrons. The van der Waals surface area contributed by atoms with Crippen molar-refractivity contribution in [3.63, 3.8) is 0 Å². The highest BCUT2D eigenvalue weighted by Gasteiger charge is 2.36. The second-order valence-corrected chi connectivity index (χ2v) is 7.29. The van der Waals surface area contributed by atoms with Crippen molar-refractivity contribution in [1.29, 1.82) is 0 Å². The molecule has 9 nitrogen and oxygen atoms in total. The summed E-state index contributed by atoms with van der Waals surface area (Å²) in [5.74, 6) is -0.0171. The van der Waals surface area contributed by atoms with Crippen LogP contribution in [-0.2, 0) is 11.3 Å². The van der Waals surface area contributed by atoms with Crippen LogP contribution in [0, 0.1) is 0 Å². The van der Waals surface area contributed by atoms with Crippen molar-refractivity contribution in [2.45, 2.75) is 59.0 Å². The quantitative estimate of drug-likeness (QED) is 0.670. The number of aromatic hydroxyl groups is 1. The minimum absolute atomic E-state index is 0.0824. The maximum absolute atomic E-state index is 12.7. The fraction of sp³-hybridized carbons (Fsp3) is 0.455. The van der Waals surface area contributed by atoms with Gasteiger partial charge < -0.3 is 9.84 Å². The van der Waals surface area contributed by atoms with Crippen LogP contribution in [0.15, 0.2) is 39.0 Å². The summed E-state index contributed by atoms with van der Waals surface area (Å²) in [6.07, 6.45) is 1.91. The van der Waals surface area contributed by atoms with Gasteiger partial charge in [0.1, 0.15) is 11.3 Å². The van der Waals surface area contributed by atoms with Crippen LogP contribution in [-0.4, -0.2) is 37.9 Å². The Hall–Kier alpha value is -3.36. The minimum atomic E-state index is -0.725. The lowest BCUT2D eigenvalue weighted by Crippen LogP contribution is -2.33. The smallest absolute Gasteiger partial charge is 0.331 e. The molecule has 1 amide bonds. The highest BCUT2D eigenvalue weighted by Crippen LogP contribution is 2.38. The number of para-hydroxylation sites is 1. The lowest BCUT2D eigenvalue weighted by Gasteiger charge is -2.23. The van der Waals surface area contributed by atoms with E-state index in [1.807, 2.05) is 38.1 Å². The Morgan fingerprint density at radius 2 is 2.00 bits per heavy atom. The molecule has 31 heavy (non-hydrogen) atoms. The van der Waals surface area contributed by atoms with E-state index in [4.69, 9.17) is 4.74 Å². The van der Waals surface area contributed by atoms with E-state index in [0.717, 1.165) is 16.6 Å². The third-order valence-electron chi connectivity index (χ3n) is 5.24. The molecular weight excluding hydrogens is 400 g/mol. The third-order valence-corrected chi connectivity index (χ3v) is 5.24. The molecule has 9 heteroatoms. The van der Waals surface area contributed by atoms with Gasteiger partial charge in [0.15, 0.2) is 0 Å². The summed E-state index contributed by atoms with van der Waals surface area (Å²) in [5, 5.41) is 16.5. The van der Waals surface area contributed by atoms with Crippen molar-refractivity contribution in [1.82, 2.24) is 14.6 Å². The van der Waals surface area contributed by atoms with Gasteiger partial charge in [0.25, 0.3) is 5.56 Å². The first-order valence-corrected chi connectivity index (χ1v) is 10.6. The molecule has 0 spiro atoms. The average Bonchev–Trinajstić information content (AvgIpc) is 3.18. The van der Waals surface area contributed by atoms with Crippen LogP contribution in [0.4, 0.5) is 0 Å². The number of hydrogen-bond donors (Lipinski definition) is 2. The van der Waals surface area contributed by atoms with Gasteiger partial charge in [-0.2, -0.15) is 5.10 Å². The number of hydrogen-bond acceptors (Lipinski definition) is 6. The molecule has 2 aromatic rings. The van der Waals surface area contributed by atoms with Crippen LogP contribution in [0.3, 0.4) is 0 Å². The molecule has 0 aliphatic carbocycles. The third kappa shape index (κ3) is 4.40. The van der Waals surface area contributed by atoms with Gasteiger partial charge in [-0.15, -0.1) is 0 Å². The van der Waals surface area contributed by atoms with E-state index in [9.17, 15) is 19.5 Å². The molecular formula is C22H28N4O5. The van der Waals surface area contributed by atoms with Crippen molar-refractivity contribution in [2.24, 2.45) is 5.10 Å². The Kier molecular flexibility index (Phi) is 6.94. The molecule has 1 atom stereocenters. The summed E-state index contributed by atoms with van der Waals surface area (Å²) >= 11 is 0. The molecule has 1 aromatic carbocycles. The van der Waals surface area contributed by atoms with Crippen LogP contribution in [0.5, 0.6) is 11.6 Å². The van der Waals surface area contributed by atoms with Crippen LogP contribution in [0.1, 0.15) is 63.6 Å². The number of rotatable bonds is 8. The van der Waals surface area contributed by atoms with Gasteiger partial charge >= 0.3 is 5.69 Å². The van der Waals surface area contributed by atoms with Crippen LogP contribution < -0.4 is 16.0 Å². The number of nitrogens with zero attached hydrogens (tertiary/aromatic N) is 3. The number of ether oxygens (including phenoxy) is 1. The van der Waals surface area contributed by atoms with Gasteiger partial charge in [-0.1, -0.05) is 38.5 Å². The van der Waals surface area contributed by atoms with Crippen LogP contribution in [0.25, 0.3) is 0 Å². The van der Waals surface area contributed by atoms with Gasteiger partial charge in [0, 0.05) is 24.9 Å². The molecule has 1 aliphatic heterocycles. The maximum Gasteiger partial charge on any atom is 0.331 e. The molecule has 0 saturated heterocycles. The zero-order valence-electron chi connectivity index (χ0n) is 18.1. The number of aromatic amines is 1. The van der Waals surface area contributed by atoms with Gasteiger partial charge in [0.05, 0.1) is 18.4 Å². The van der Waals surface area contributed by atoms with Gasteiger partial charge in [0.2, 0.25) is 11.8 Å². The first-order valence-electron chi connectivity index (χ1n) is 10.6. The highest BCUT2D eigenvalue weighted by molar-refractivity contribution is 6.04. The number of nitrogens with one attached hydrogen (secondary N) is 1. The fourth-order valence-electron chi connectivity index (χ4n) is 3.68. The monoisotopic (exact) mass is 428 g/mol. The molecule has 0 saturated carbocycles. The maximum atomic E-state index is 12.7. The number of H-pyrrole nitrogens is 1. The van der Waals surface area contributed by atoms with Crippen LogP contribution >= 0.6 is 0 Å². The number of unbranched alkanes of at least 4 members (excludes halogenated alkanes) is 1. The Bertz CT molecular complexity index is 1100. The zero-order chi connectivity index (χ0) is 22.5. The SMILES string of the molecule is CCCCn1c(O)c(C2=NN(C(=O)CC)[C@@H](c3ccccc3OCC)C2)c(=O)[nH]c1=O. The van der Waals surface area contributed by atoms with Crippen molar-refractivity contribution in [3.05, 3.63) is 56.2 Å². The number of carbonyl (C=O) groups is 1. The van der Waals surface area contributed by atoms with Crippen molar-refractivity contribution >= 4 is 11.6 Å². The standard InChI is InChI=1S/C22H28N4O5/c1-4-7-12-25-21(29)19(20(28)23-22(25)30)15-13-16(26(24-15)18(27)5-2)14-10-8-9-11-17(14)31-6-3/h8-11,16,29H,4-7,12-13H2,1-3H3,(H,23,28,30)/t16-/m1/s1. The topological polar surface area (TPSA) is 117 Å². The molecule has 1 aliphatic rings. The normalized spacial score (nSPS) is 15.8. The second-order valence-electron chi connectivity index (χ2n) is 7.29. The van der Waals surface area contributed by atoms with E-state index in [1.165, 1.54) is 5.01 Å². The number of carbonyl (C=O) groups excluding carboxylic acids is 1. The molecule has 0 unspecified atom stereocenters. The zero-order valence-corrected chi connectivity index (χ0v) is 18.1. The Morgan fingerprint density at radius 1 is 1.26 bits per heavy atom. The van der Waals surface area contributed by atoms with E-state index in [2.05, 4.69) is 10.1 Å².